The lowest BCUT2D eigenvalue weighted by atomic mass is 9.90. The van der Waals surface area contributed by atoms with E-state index in [1.54, 1.807) is 0 Å². The number of likely N-dealkylation sites (tertiary alicyclic amines) is 1. The van der Waals surface area contributed by atoms with E-state index in [-0.39, 0.29) is 0 Å². The van der Waals surface area contributed by atoms with Gasteiger partial charge in [0.15, 0.2) is 0 Å². The lowest BCUT2D eigenvalue weighted by Crippen LogP contribution is -2.54. The predicted octanol–water partition coefficient (Wildman–Crippen LogP) is 0.0767. The maximum absolute atomic E-state index is 11.5. The van der Waals surface area contributed by atoms with Crippen molar-refractivity contribution in [1.82, 2.24) is 15.1 Å². The Kier molecular flexibility index (Phi) is 5.36. The van der Waals surface area contributed by atoms with Crippen LogP contribution >= 0.6 is 0 Å². The van der Waals surface area contributed by atoms with Gasteiger partial charge in [0, 0.05) is 19.6 Å². The fourth-order valence-corrected chi connectivity index (χ4v) is 2.25. The first kappa shape index (κ1) is 14.4. The van der Waals surface area contributed by atoms with Gasteiger partial charge >= 0.3 is 5.97 Å². The molecule has 5 heteroatoms. The summed E-state index contributed by atoms with van der Waals surface area (Å²) in [5.74, 6) is -0.702. The Hall–Kier alpha value is -0.650. The maximum atomic E-state index is 11.5. The van der Waals surface area contributed by atoms with Gasteiger partial charge in [-0.1, -0.05) is 0 Å². The molecular formula is C12H25N3O2. The van der Waals surface area contributed by atoms with Gasteiger partial charge in [0.2, 0.25) is 0 Å². The first-order chi connectivity index (χ1) is 7.96. The second kappa shape index (κ2) is 6.33. The van der Waals surface area contributed by atoms with Crippen molar-refractivity contribution in [2.24, 2.45) is 0 Å². The zero-order chi connectivity index (χ0) is 12.9. The molecule has 0 aromatic rings. The number of carboxylic acids is 1. The minimum Gasteiger partial charge on any atom is -0.480 e. The normalized spacial score (nSPS) is 27.1. The Morgan fingerprint density at radius 1 is 1.41 bits per heavy atom. The minimum absolute atomic E-state index is 0.687. The lowest BCUT2D eigenvalue weighted by molar-refractivity contribution is -0.145. The van der Waals surface area contributed by atoms with Crippen molar-refractivity contribution in [2.75, 3.05) is 47.3 Å². The number of hydrogen-bond donors (Lipinski definition) is 2. The van der Waals surface area contributed by atoms with Crippen molar-refractivity contribution in [3.8, 4) is 0 Å². The second-order valence-corrected chi connectivity index (χ2v) is 5.27. The maximum Gasteiger partial charge on any atom is 0.323 e. The molecule has 1 saturated heterocycles. The van der Waals surface area contributed by atoms with Crippen molar-refractivity contribution in [2.45, 2.75) is 24.8 Å². The molecule has 0 saturated carbocycles. The molecule has 1 rings (SSSR count). The molecule has 1 unspecified atom stereocenters. The van der Waals surface area contributed by atoms with Crippen LogP contribution in [0.15, 0.2) is 0 Å². The molecule has 0 aliphatic carbocycles. The molecule has 0 aromatic carbocycles. The summed E-state index contributed by atoms with van der Waals surface area (Å²) in [4.78, 5) is 15.8. The summed E-state index contributed by atoms with van der Waals surface area (Å²) in [7, 11) is 6.05. The average Bonchev–Trinajstić information content (AvgIpc) is 2.41. The predicted molar refractivity (Wildman–Crippen MR) is 68.3 cm³/mol. The van der Waals surface area contributed by atoms with Crippen molar-refractivity contribution in [3.63, 3.8) is 0 Å². The summed E-state index contributed by atoms with van der Waals surface area (Å²) in [6, 6.07) is 0. The molecule has 1 heterocycles. The number of nitrogens with one attached hydrogen (secondary N) is 1. The molecule has 0 amide bonds. The third kappa shape index (κ3) is 4.26. The lowest BCUT2D eigenvalue weighted by Gasteiger charge is -2.30. The monoisotopic (exact) mass is 243 g/mol. The van der Waals surface area contributed by atoms with Gasteiger partial charge in [-0.05, 0) is 47.0 Å². The summed E-state index contributed by atoms with van der Waals surface area (Å²) in [5.41, 5.74) is -0.721. The summed E-state index contributed by atoms with van der Waals surface area (Å²) in [6.07, 6.45) is 2.35. The van der Waals surface area contributed by atoms with Crippen LogP contribution in [0.3, 0.4) is 0 Å². The summed E-state index contributed by atoms with van der Waals surface area (Å²) >= 11 is 0. The molecule has 0 bridgehead atoms. The minimum atomic E-state index is -0.721. The summed E-state index contributed by atoms with van der Waals surface area (Å²) in [5, 5.41) is 12.7. The zero-order valence-corrected chi connectivity index (χ0v) is 11.2. The van der Waals surface area contributed by atoms with Gasteiger partial charge in [-0.3, -0.25) is 4.79 Å². The number of carboxylic acid groups (broad SMARTS) is 1. The smallest absolute Gasteiger partial charge is 0.323 e. The van der Waals surface area contributed by atoms with Crippen molar-refractivity contribution < 1.29 is 9.90 Å². The molecule has 100 valence electrons. The zero-order valence-electron chi connectivity index (χ0n) is 11.2. The average molecular weight is 243 g/mol. The number of rotatable bonds is 5. The Bertz CT molecular complexity index is 258. The SMILES string of the molecule is CN(C)CCNC1(C(=O)O)CCCN(C)CC1. The van der Waals surface area contributed by atoms with Crippen molar-refractivity contribution in [1.29, 1.82) is 0 Å². The number of nitrogens with zero attached hydrogens (tertiary/aromatic N) is 2. The molecule has 1 fully saturated rings. The van der Waals surface area contributed by atoms with E-state index >= 15 is 0 Å². The largest absolute Gasteiger partial charge is 0.480 e. The Balaban J connectivity index is 2.58. The molecule has 0 spiro atoms. The fourth-order valence-electron chi connectivity index (χ4n) is 2.25. The van der Waals surface area contributed by atoms with Crippen LogP contribution in [0.25, 0.3) is 0 Å². The molecule has 1 aliphatic rings. The van der Waals surface area contributed by atoms with Gasteiger partial charge < -0.3 is 20.2 Å². The van der Waals surface area contributed by atoms with E-state index in [9.17, 15) is 9.90 Å². The van der Waals surface area contributed by atoms with Gasteiger partial charge in [-0.2, -0.15) is 0 Å². The van der Waals surface area contributed by atoms with E-state index < -0.39 is 11.5 Å². The Morgan fingerprint density at radius 3 is 2.71 bits per heavy atom. The van der Waals surface area contributed by atoms with Gasteiger partial charge in [-0.15, -0.1) is 0 Å². The summed E-state index contributed by atoms with van der Waals surface area (Å²) in [6.45, 7) is 3.43. The van der Waals surface area contributed by atoms with E-state index in [4.69, 9.17) is 0 Å². The highest BCUT2D eigenvalue weighted by molar-refractivity contribution is 5.78. The molecule has 0 aromatic heterocycles. The van der Waals surface area contributed by atoms with E-state index in [1.165, 1.54) is 0 Å². The van der Waals surface area contributed by atoms with Gasteiger partial charge in [0.05, 0.1) is 0 Å². The van der Waals surface area contributed by atoms with E-state index in [0.29, 0.717) is 6.42 Å². The standard InChI is InChI=1S/C12H25N3O2/c1-14(2)10-7-13-12(11(16)17)5-4-8-15(3)9-6-12/h13H,4-10H2,1-3H3,(H,16,17). The molecule has 17 heavy (non-hydrogen) atoms. The molecule has 0 radical (unpaired) electrons. The highest BCUT2D eigenvalue weighted by atomic mass is 16.4. The Labute approximate surface area is 104 Å². The fraction of sp³-hybridized carbons (Fsp3) is 0.917. The Morgan fingerprint density at radius 2 is 2.12 bits per heavy atom. The first-order valence-electron chi connectivity index (χ1n) is 6.28. The number of likely N-dealkylation sites (N-methyl/N-ethyl adjacent to an activating group) is 1. The van der Waals surface area contributed by atoms with Crippen LogP contribution in [0.4, 0.5) is 0 Å². The molecule has 1 atom stereocenters. The second-order valence-electron chi connectivity index (χ2n) is 5.27. The highest BCUT2D eigenvalue weighted by Gasteiger charge is 2.38. The molecule has 1 aliphatic heterocycles. The van der Waals surface area contributed by atoms with Crippen LogP contribution in [0, 0.1) is 0 Å². The molecular weight excluding hydrogens is 218 g/mol. The highest BCUT2D eigenvalue weighted by Crippen LogP contribution is 2.22. The molecule has 5 nitrogen and oxygen atoms in total. The van der Waals surface area contributed by atoms with Crippen LogP contribution in [0.2, 0.25) is 0 Å². The number of carbonyl (C=O) groups is 1. The topological polar surface area (TPSA) is 55.8 Å². The van der Waals surface area contributed by atoms with E-state index in [2.05, 4.69) is 22.2 Å². The van der Waals surface area contributed by atoms with Crippen LogP contribution in [0.5, 0.6) is 0 Å². The third-order valence-electron chi connectivity index (χ3n) is 3.50. The first-order valence-corrected chi connectivity index (χ1v) is 6.28. The van der Waals surface area contributed by atoms with Crippen LogP contribution in [0.1, 0.15) is 19.3 Å². The van der Waals surface area contributed by atoms with Crippen molar-refractivity contribution in [3.05, 3.63) is 0 Å². The van der Waals surface area contributed by atoms with Gasteiger partial charge in [0.1, 0.15) is 5.54 Å². The number of aliphatic carboxylic acids is 1. The van der Waals surface area contributed by atoms with Crippen LogP contribution in [-0.4, -0.2) is 73.7 Å². The van der Waals surface area contributed by atoms with Crippen LogP contribution in [-0.2, 0) is 4.79 Å². The van der Waals surface area contributed by atoms with Crippen molar-refractivity contribution >= 4 is 5.97 Å². The van der Waals surface area contributed by atoms with E-state index in [0.717, 1.165) is 39.0 Å². The van der Waals surface area contributed by atoms with Gasteiger partial charge in [0.25, 0.3) is 0 Å². The van der Waals surface area contributed by atoms with Gasteiger partial charge in [-0.25, -0.2) is 0 Å². The van der Waals surface area contributed by atoms with Crippen LogP contribution < -0.4 is 5.32 Å². The summed E-state index contributed by atoms with van der Waals surface area (Å²) < 4.78 is 0. The van der Waals surface area contributed by atoms with E-state index in [1.807, 2.05) is 14.1 Å². The third-order valence-corrected chi connectivity index (χ3v) is 3.50. The quantitative estimate of drug-likeness (QED) is 0.716. The molecule has 2 N–H and O–H groups in total. The number of hydrogen-bond acceptors (Lipinski definition) is 4.